The number of hydrogen-bond donors (Lipinski definition) is 10. The predicted octanol–water partition coefficient (Wildman–Crippen LogP) is -3.22. The molecule has 0 bridgehead atoms. The van der Waals surface area contributed by atoms with Gasteiger partial charge < -0.3 is 49.5 Å². The number of urea groups is 1. The number of likely N-dealkylation sites (N-methyl/N-ethyl adjacent to an activating group) is 2. The Morgan fingerprint density at radius 2 is 1.08 bits per heavy atom. The Morgan fingerprint density at radius 3 is 1.81 bits per heavy atom. The molecule has 0 saturated carbocycles. The number of carbonyl (C=O) groups excluding carboxylic acids is 10. The third kappa shape index (κ3) is 10.1. The summed E-state index contributed by atoms with van der Waals surface area (Å²) < 4.78 is 9.51. The number of H-pyrrole nitrogens is 5. The number of cyclic esters (lactones) is 1. The number of amides is 11. The van der Waals surface area contributed by atoms with Crippen LogP contribution in [0.15, 0.2) is 31.6 Å². The van der Waals surface area contributed by atoms with Gasteiger partial charge in [-0.15, -0.1) is 0 Å². The van der Waals surface area contributed by atoms with Crippen molar-refractivity contribution in [1.29, 1.82) is 0 Å². The molecule has 5 aromatic rings. The molecule has 5 aliphatic rings. The number of hydrogen-bond acceptors (Lipinski definition) is 18. The van der Waals surface area contributed by atoms with Crippen molar-refractivity contribution in [3.8, 4) is 5.88 Å². The van der Waals surface area contributed by atoms with Gasteiger partial charge in [-0.25, -0.2) is 34.5 Å². The highest BCUT2D eigenvalue weighted by molar-refractivity contribution is 6.10. The molecule has 0 aliphatic carbocycles. The highest BCUT2D eigenvalue weighted by Crippen LogP contribution is 2.17. The van der Waals surface area contributed by atoms with Crippen LogP contribution in [0.5, 0.6) is 5.88 Å². The molecule has 30 nitrogen and oxygen atoms in total. The maximum Gasteiger partial charge on any atom is 0.414 e. The van der Waals surface area contributed by atoms with E-state index in [-0.39, 0.29) is 67.0 Å². The molecule has 0 saturated heterocycles. The molecular weight excluding hydrogens is 840 g/mol. The molecule has 0 fully saturated rings. The first kappa shape index (κ1) is 43.3. The van der Waals surface area contributed by atoms with Gasteiger partial charge in [0.2, 0.25) is 17.7 Å². The Hall–Kier alpha value is -9.25. The van der Waals surface area contributed by atoms with Crippen molar-refractivity contribution in [2.45, 2.75) is 13.2 Å². The van der Waals surface area contributed by atoms with E-state index in [1.807, 2.05) is 5.32 Å². The first-order chi connectivity index (χ1) is 30.1. The van der Waals surface area contributed by atoms with Gasteiger partial charge in [0.25, 0.3) is 35.4 Å². The topological polar surface area (TPSA) is 402 Å². The molecule has 11 amide bonds. The van der Waals surface area contributed by atoms with Crippen LogP contribution in [-0.2, 0) is 32.3 Å². The van der Waals surface area contributed by atoms with Crippen LogP contribution >= 0.6 is 0 Å². The summed E-state index contributed by atoms with van der Waals surface area (Å²) in [5.74, 6) is -2.15. The van der Waals surface area contributed by atoms with Gasteiger partial charge >= 0.3 is 12.1 Å². The van der Waals surface area contributed by atoms with Crippen molar-refractivity contribution in [3.63, 3.8) is 0 Å². The smallest absolute Gasteiger partial charge is 0.414 e. The normalized spacial score (nSPS) is 16.3. The number of anilines is 2. The van der Waals surface area contributed by atoms with Crippen molar-refractivity contribution < 1.29 is 57.4 Å². The number of imidazole rings is 5. The summed E-state index contributed by atoms with van der Waals surface area (Å²) in [5, 5.41) is 11.0. The molecule has 0 unspecified atom stereocenters. The maximum absolute atomic E-state index is 11.3. The quantitative estimate of drug-likeness (QED) is 0.0684. The number of aromatic nitrogens is 10. The van der Waals surface area contributed by atoms with Crippen LogP contribution in [0.25, 0.3) is 0 Å². The van der Waals surface area contributed by atoms with Crippen LogP contribution in [0.3, 0.4) is 0 Å². The van der Waals surface area contributed by atoms with E-state index in [1.165, 1.54) is 41.4 Å². The van der Waals surface area contributed by atoms with Crippen molar-refractivity contribution in [3.05, 3.63) is 71.5 Å². The summed E-state index contributed by atoms with van der Waals surface area (Å²) in [6, 6.07) is -0.406. The van der Waals surface area contributed by atoms with Crippen LogP contribution in [0, 0.1) is 0 Å². The van der Waals surface area contributed by atoms with E-state index in [1.54, 1.807) is 26.0 Å². The van der Waals surface area contributed by atoms with Crippen LogP contribution in [0.1, 0.15) is 63.8 Å². The molecule has 63 heavy (non-hydrogen) atoms. The SMILES string of the molecule is CN1C(=O)CNC(=O)c2[nH]cnc21.CN1CC(=O)NC(=O)c2[nH]cnc21.CN1Cc2[nH]cnc2C(=O)NC1=O.O=C1COc2nc[nH]c2C(=O)N1.O=C1NC(=O)c2nc[nH]c2CO1. The Balaban J connectivity index is 0.000000131. The molecule has 0 aromatic carbocycles. The van der Waals surface area contributed by atoms with Gasteiger partial charge in [0, 0.05) is 21.1 Å². The predicted molar refractivity (Wildman–Crippen MR) is 204 cm³/mol. The number of fused-ring (bicyclic) bond motifs is 5. The molecule has 5 aromatic heterocycles. The lowest BCUT2D eigenvalue weighted by Crippen LogP contribution is -2.37. The molecule has 0 atom stereocenters. The number of carbonyl (C=O) groups is 10. The fourth-order valence-corrected chi connectivity index (χ4v) is 5.52. The van der Waals surface area contributed by atoms with Gasteiger partial charge in [-0.3, -0.25) is 64.5 Å². The molecule has 30 heteroatoms. The largest absolute Gasteiger partial charge is 0.466 e. The second-order valence-electron chi connectivity index (χ2n) is 12.9. The van der Waals surface area contributed by atoms with Crippen molar-refractivity contribution >= 4 is 71.0 Å². The number of aromatic amines is 5. The van der Waals surface area contributed by atoms with Crippen LogP contribution in [0.2, 0.25) is 0 Å². The first-order valence-corrected chi connectivity index (χ1v) is 17.9. The van der Waals surface area contributed by atoms with Gasteiger partial charge in [0.15, 0.2) is 35.3 Å². The Kier molecular flexibility index (Phi) is 12.9. The zero-order valence-electron chi connectivity index (χ0n) is 32.9. The summed E-state index contributed by atoms with van der Waals surface area (Å²) in [4.78, 5) is 148. The van der Waals surface area contributed by atoms with Gasteiger partial charge in [-0.05, 0) is 0 Å². The van der Waals surface area contributed by atoms with Gasteiger partial charge in [-0.2, -0.15) is 0 Å². The monoisotopic (exact) mass is 874 g/mol. The highest BCUT2D eigenvalue weighted by Gasteiger charge is 2.28. The molecule has 10 N–H and O–H groups in total. The fraction of sp³-hybridized carbons (Fsp3) is 0.242. The fourth-order valence-electron chi connectivity index (χ4n) is 5.52. The lowest BCUT2D eigenvalue weighted by molar-refractivity contribution is -0.122. The van der Waals surface area contributed by atoms with Gasteiger partial charge in [0.05, 0.1) is 62.7 Å². The summed E-state index contributed by atoms with van der Waals surface area (Å²) >= 11 is 0. The van der Waals surface area contributed by atoms with Crippen molar-refractivity contribution in [1.82, 2.24) is 81.3 Å². The van der Waals surface area contributed by atoms with Gasteiger partial charge in [0.1, 0.15) is 18.0 Å². The zero-order chi connectivity index (χ0) is 45.4. The van der Waals surface area contributed by atoms with E-state index < -0.39 is 41.7 Å². The lowest BCUT2D eigenvalue weighted by Gasteiger charge is -2.11. The Labute approximate surface area is 350 Å². The van der Waals surface area contributed by atoms with E-state index >= 15 is 0 Å². The number of nitrogens with one attached hydrogen (secondary N) is 10. The number of imide groups is 4. The van der Waals surface area contributed by atoms with Crippen LogP contribution in [-0.4, -0.2) is 155 Å². The molecule has 328 valence electrons. The molecule has 10 heterocycles. The van der Waals surface area contributed by atoms with Crippen LogP contribution < -0.4 is 41.1 Å². The average molecular weight is 875 g/mol. The average Bonchev–Trinajstić information content (AvgIpc) is 4.10. The number of ether oxygens (including phenoxy) is 2. The second kappa shape index (κ2) is 18.8. The second-order valence-corrected chi connectivity index (χ2v) is 12.9. The Morgan fingerprint density at radius 1 is 0.508 bits per heavy atom. The molecule has 5 aliphatic heterocycles. The number of rotatable bonds is 0. The summed E-state index contributed by atoms with van der Waals surface area (Å²) in [6.45, 7) is 0.395. The summed E-state index contributed by atoms with van der Waals surface area (Å²) in [5.41, 5.74) is 2.50. The van der Waals surface area contributed by atoms with E-state index in [0.717, 1.165) is 0 Å². The van der Waals surface area contributed by atoms with Gasteiger partial charge in [-0.1, -0.05) is 0 Å². The van der Waals surface area contributed by atoms with Crippen LogP contribution in [0.4, 0.5) is 21.2 Å². The molecule has 0 spiro atoms. The highest BCUT2D eigenvalue weighted by atomic mass is 16.5. The lowest BCUT2D eigenvalue weighted by atomic mass is 10.3. The summed E-state index contributed by atoms with van der Waals surface area (Å²) in [6.07, 6.45) is 6.22. The van der Waals surface area contributed by atoms with E-state index in [2.05, 4.69) is 75.8 Å². The Bertz CT molecular complexity index is 2550. The van der Waals surface area contributed by atoms with Crippen molar-refractivity contribution in [2.75, 3.05) is 50.6 Å². The van der Waals surface area contributed by atoms with E-state index in [0.29, 0.717) is 41.0 Å². The molecule has 10 rings (SSSR count). The number of nitrogens with zero attached hydrogens (tertiary/aromatic N) is 8. The maximum atomic E-state index is 11.3. The van der Waals surface area contributed by atoms with E-state index in [4.69, 9.17) is 4.74 Å². The third-order valence-electron chi connectivity index (χ3n) is 8.60. The summed E-state index contributed by atoms with van der Waals surface area (Å²) in [7, 11) is 4.90. The van der Waals surface area contributed by atoms with E-state index in [9.17, 15) is 47.9 Å². The molecular formula is C33H34N18O12. The standard InChI is InChI=1S/3C7H8N4O2.2C6H5N3O3/c1-11-2-4(12)10-7(13)5-6(11)9-3-8-5;1-11-4(12)2-8-7(13)5-6(11)10-3-9-5;1-11-2-4-5(9-3-8-4)6(12)10-7(11)13;10-3-1-12-6-4(5(11)9-3)7-2-8-6;10-5-4-3(7-2-8-4)1-12-6(11)9-5/h3H,2H2,1H3,(H,8,9)(H,10,12,13);3H,2H2,1H3,(H,8,13)(H,9,10);3H,2H2,1H3,(H,8,9)(H,10,12,13);2*2H,1H2,(H,7,8)(H,9,10,11). The third-order valence-corrected chi connectivity index (χ3v) is 8.60. The molecule has 0 radical (unpaired) electrons. The first-order valence-electron chi connectivity index (χ1n) is 17.9. The minimum absolute atomic E-state index is 0.0134. The minimum atomic E-state index is -0.744. The van der Waals surface area contributed by atoms with Crippen molar-refractivity contribution in [2.24, 2.45) is 0 Å². The zero-order valence-corrected chi connectivity index (χ0v) is 32.9. The minimum Gasteiger partial charge on any atom is -0.466 e. The number of alkyl carbamates (subject to hydrolysis) is 1.